The molecule has 1 saturated carbocycles. The van der Waals surface area contributed by atoms with Crippen molar-refractivity contribution in [2.24, 2.45) is 5.92 Å². The summed E-state index contributed by atoms with van der Waals surface area (Å²) < 4.78 is 2.02. The summed E-state index contributed by atoms with van der Waals surface area (Å²) >= 11 is 0. The Morgan fingerprint density at radius 2 is 2.17 bits per heavy atom. The van der Waals surface area contributed by atoms with Gasteiger partial charge >= 0.3 is 0 Å². The van der Waals surface area contributed by atoms with Gasteiger partial charge in [-0.2, -0.15) is 5.10 Å². The second-order valence-corrected chi connectivity index (χ2v) is 6.91. The highest BCUT2D eigenvalue weighted by Crippen LogP contribution is 2.31. The number of carbonyl (C=O) groups is 1. The first kappa shape index (κ1) is 15.2. The van der Waals surface area contributed by atoms with Crippen molar-refractivity contribution >= 4 is 5.91 Å². The summed E-state index contributed by atoms with van der Waals surface area (Å²) in [5, 5.41) is 7.55. The quantitative estimate of drug-likeness (QED) is 0.852. The third-order valence-electron chi connectivity index (χ3n) is 4.80. The Balaban J connectivity index is 1.48. The summed E-state index contributed by atoms with van der Waals surface area (Å²) in [5.74, 6) is 0.803. The first-order valence-corrected chi connectivity index (χ1v) is 8.88. The molecule has 0 spiro atoms. The van der Waals surface area contributed by atoms with Gasteiger partial charge in [-0.3, -0.25) is 9.48 Å². The molecule has 24 heavy (non-hydrogen) atoms. The van der Waals surface area contributed by atoms with Crippen LogP contribution in [0.15, 0.2) is 48.8 Å². The highest BCUT2D eigenvalue weighted by Gasteiger charge is 2.22. The fourth-order valence-electron chi connectivity index (χ4n) is 3.20. The zero-order chi connectivity index (χ0) is 16.4. The maximum atomic E-state index is 12.5. The van der Waals surface area contributed by atoms with Gasteiger partial charge in [0.25, 0.3) is 5.91 Å². The van der Waals surface area contributed by atoms with E-state index in [1.807, 2.05) is 35.1 Å². The van der Waals surface area contributed by atoms with Crippen LogP contribution < -0.4 is 5.32 Å². The highest BCUT2D eigenvalue weighted by atomic mass is 16.1. The Hall–Kier alpha value is -2.36. The molecule has 124 valence electrons. The second-order valence-electron chi connectivity index (χ2n) is 6.91. The molecule has 1 aromatic heterocycles. The van der Waals surface area contributed by atoms with Crippen LogP contribution in [0, 0.1) is 5.92 Å². The minimum absolute atomic E-state index is 0.00114. The second kappa shape index (κ2) is 6.63. The third kappa shape index (κ3) is 3.58. The van der Waals surface area contributed by atoms with Gasteiger partial charge in [-0.05, 0) is 55.7 Å². The van der Waals surface area contributed by atoms with E-state index in [-0.39, 0.29) is 11.9 Å². The zero-order valence-electron chi connectivity index (χ0n) is 13.8. The standard InChI is InChI=1S/C20H23N3O/c24-20(22-19-7-2-1-3-8-19)17-6-4-5-16(11-17)18-12-21-23(14-18)13-15-9-10-15/h2,4-7,11-12,14-15,19H,1,3,8-10,13H2,(H,22,24). The molecule has 4 rings (SSSR count). The molecule has 0 aliphatic heterocycles. The van der Waals surface area contributed by atoms with Crippen LogP contribution in [-0.2, 0) is 6.54 Å². The number of hydrogen-bond acceptors (Lipinski definition) is 2. The third-order valence-corrected chi connectivity index (χ3v) is 4.80. The van der Waals surface area contributed by atoms with E-state index in [4.69, 9.17) is 0 Å². The molecule has 0 saturated heterocycles. The van der Waals surface area contributed by atoms with E-state index in [2.05, 4.69) is 28.8 Å². The van der Waals surface area contributed by atoms with Gasteiger partial charge in [0, 0.05) is 29.9 Å². The van der Waals surface area contributed by atoms with Crippen molar-refractivity contribution in [3.05, 3.63) is 54.4 Å². The topological polar surface area (TPSA) is 46.9 Å². The average Bonchev–Trinajstić information content (AvgIpc) is 3.30. The summed E-state index contributed by atoms with van der Waals surface area (Å²) in [4.78, 5) is 12.5. The Labute approximate surface area is 142 Å². The maximum Gasteiger partial charge on any atom is 0.251 e. The van der Waals surface area contributed by atoms with Crippen molar-refractivity contribution in [3.8, 4) is 11.1 Å². The fourth-order valence-corrected chi connectivity index (χ4v) is 3.20. The molecular weight excluding hydrogens is 298 g/mol. The minimum atomic E-state index is -0.00114. The Bertz CT molecular complexity index is 758. The number of hydrogen-bond donors (Lipinski definition) is 1. The van der Waals surface area contributed by atoms with Crippen molar-refractivity contribution in [2.45, 2.75) is 44.7 Å². The molecule has 0 radical (unpaired) electrons. The highest BCUT2D eigenvalue weighted by molar-refractivity contribution is 5.95. The fraction of sp³-hybridized carbons (Fsp3) is 0.400. The van der Waals surface area contributed by atoms with Gasteiger partial charge in [0.2, 0.25) is 0 Å². The number of nitrogens with one attached hydrogen (secondary N) is 1. The Kier molecular flexibility index (Phi) is 4.20. The van der Waals surface area contributed by atoms with Gasteiger partial charge in [-0.15, -0.1) is 0 Å². The van der Waals surface area contributed by atoms with Crippen molar-refractivity contribution in [1.82, 2.24) is 15.1 Å². The molecule has 2 aromatic rings. The predicted octanol–water partition coefficient (Wildman–Crippen LogP) is 3.80. The van der Waals surface area contributed by atoms with Crippen LogP contribution in [0.3, 0.4) is 0 Å². The normalized spacial score (nSPS) is 20.1. The van der Waals surface area contributed by atoms with Crippen LogP contribution in [0.2, 0.25) is 0 Å². The van der Waals surface area contributed by atoms with Gasteiger partial charge in [0.05, 0.1) is 6.20 Å². The van der Waals surface area contributed by atoms with Crippen molar-refractivity contribution in [1.29, 1.82) is 0 Å². The molecule has 2 aliphatic carbocycles. The van der Waals surface area contributed by atoms with Gasteiger partial charge in [-0.25, -0.2) is 0 Å². The van der Waals surface area contributed by atoms with E-state index in [1.165, 1.54) is 12.8 Å². The lowest BCUT2D eigenvalue weighted by atomic mass is 10.0. The smallest absolute Gasteiger partial charge is 0.251 e. The number of carbonyl (C=O) groups excluding carboxylic acids is 1. The largest absolute Gasteiger partial charge is 0.346 e. The Morgan fingerprint density at radius 1 is 1.25 bits per heavy atom. The molecule has 1 amide bonds. The minimum Gasteiger partial charge on any atom is -0.346 e. The molecule has 1 fully saturated rings. The van der Waals surface area contributed by atoms with Gasteiger partial charge < -0.3 is 5.32 Å². The first-order chi connectivity index (χ1) is 11.8. The summed E-state index contributed by atoms with van der Waals surface area (Å²) in [7, 11) is 0. The SMILES string of the molecule is O=C(NC1C=CCCC1)c1cccc(-c2cnn(CC3CC3)c2)c1. The van der Waals surface area contributed by atoms with E-state index in [0.717, 1.165) is 42.9 Å². The zero-order valence-corrected chi connectivity index (χ0v) is 13.8. The van der Waals surface area contributed by atoms with Gasteiger partial charge in [0.1, 0.15) is 0 Å². The number of rotatable bonds is 5. The van der Waals surface area contributed by atoms with E-state index in [1.54, 1.807) is 0 Å². The first-order valence-electron chi connectivity index (χ1n) is 8.88. The van der Waals surface area contributed by atoms with Crippen LogP contribution in [0.5, 0.6) is 0 Å². The Morgan fingerprint density at radius 3 is 2.96 bits per heavy atom. The van der Waals surface area contributed by atoms with Crippen LogP contribution >= 0.6 is 0 Å². The molecule has 1 aromatic carbocycles. The molecule has 1 atom stereocenters. The van der Waals surface area contributed by atoms with Crippen molar-refractivity contribution in [3.63, 3.8) is 0 Å². The molecule has 2 aliphatic rings. The number of amides is 1. The maximum absolute atomic E-state index is 12.5. The van der Waals surface area contributed by atoms with Crippen LogP contribution in [-0.4, -0.2) is 21.7 Å². The molecule has 4 nitrogen and oxygen atoms in total. The van der Waals surface area contributed by atoms with Crippen LogP contribution in [0.1, 0.15) is 42.5 Å². The van der Waals surface area contributed by atoms with Gasteiger partial charge in [-0.1, -0.05) is 24.3 Å². The summed E-state index contributed by atoms with van der Waals surface area (Å²) in [6, 6.07) is 7.98. The summed E-state index contributed by atoms with van der Waals surface area (Å²) in [6.45, 7) is 1.01. The van der Waals surface area contributed by atoms with Crippen molar-refractivity contribution < 1.29 is 4.79 Å². The molecular formula is C20H23N3O. The molecule has 1 N–H and O–H groups in total. The number of aromatic nitrogens is 2. The van der Waals surface area contributed by atoms with Crippen molar-refractivity contribution in [2.75, 3.05) is 0 Å². The summed E-state index contributed by atoms with van der Waals surface area (Å²) in [5.41, 5.74) is 2.83. The summed E-state index contributed by atoms with van der Waals surface area (Å²) in [6.07, 6.45) is 14.2. The number of nitrogens with zero attached hydrogens (tertiary/aromatic N) is 2. The molecule has 1 heterocycles. The van der Waals surface area contributed by atoms with Crippen LogP contribution in [0.4, 0.5) is 0 Å². The van der Waals surface area contributed by atoms with E-state index in [9.17, 15) is 4.79 Å². The molecule has 4 heteroatoms. The predicted molar refractivity (Wildman–Crippen MR) is 94.6 cm³/mol. The lowest BCUT2D eigenvalue weighted by molar-refractivity contribution is 0.0942. The monoisotopic (exact) mass is 321 g/mol. The number of allylic oxidation sites excluding steroid dienone is 1. The number of benzene rings is 1. The van der Waals surface area contributed by atoms with E-state index in [0.29, 0.717) is 5.56 Å². The van der Waals surface area contributed by atoms with Gasteiger partial charge in [0.15, 0.2) is 0 Å². The van der Waals surface area contributed by atoms with Crippen LogP contribution in [0.25, 0.3) is 11.1 Å². The lowest BCUT2D eigenvalue weighted by Crippen LogP contribution is -2.34. The van der Waals surface area contributed by atoms with E-state index < -0.39 is 0 Å². The molecule has 1 unspecified atom stereocenters. The average molecular weight is 321 g/mol. The van der Waals surface area contributed by atoms with E-state index >= 15 is 0 Å². The molecule has 0 bridgehead atoms. The lowest BCUT2D eigenvalue weighted by Gasteiger charge is -2.18.